The van der Waals surface area contributed by atoms with Crippen LogP contribution in [0.5, 0.6) is 0 Å². The number of hydrogen-bond acceptors (Lipinski definition) is 5. The van der Waals surface area contributed by atoms with E-state index in [1.165, 1.54) is 11.3 Å². The minimum atomic E-state index is -0.00367. The van der Waals surface area contributed by atoms with E-state index in [-0.39, 0.29) is 11.9 Å². The molecule has 0 bridgehead atoms. The van der Waals surface area contributed by atoms with Gasteiger partial charge < -0.3 is 4.90 Å². The fraction of sp³-hybridized carbons (Fsp3) is 0.263. The Morgan fingerprint density at radius 1 is 1.12 bits per heavy atom. The zero-order valence-corrected chi connectivity index (χ0v) is 15.3. The molecule has 0 N–H and O–H groups in total. The Balaban J connectivity index is 1.89. The minimum Gasteiger partial charge on any atom is -0.331 e. The van der Waals surface area contributed by atoms with Gasteiger partial charge in [0.1, 0.15) is 4.88 Å². The topological polar surface area (TPSA) is 59.0 Å². The molecule has 2 heterocycles. The molecule has 0 spiro atoms. The zero-order chi connectivity index (χ0) is 17.8. The van der Waals surface area contributed by atoms with E-state index in [4.69, 9.17) is 0 Å². The molecule has 0 unspecified atom stereocenters. The number of rotatable bonds is 5. The smallest absolute Gasteiger partial charge is 0.266 e. The van der Waals surface area contributed by atoms with Gasteiger partial charge in [-0.3, -0.25) is 4.79 Å². The molecule has 5 nitrogen and oxygen atoms in total. The highest BCUT2D eigenvalue weighted by Crippen LogP contribution is 2.27. The Morgan fingerprint density at radius 3 is 2.44 bits per heavy atom. The second-order valence-corrected chi connectivity index (χ2v) is 7.02. The van der Waals surface area contributed by atoms with Crippen molar-refractivity contribution in [2.75, 3.05) is 0 Å². The molecule has 0 saturated carbocycles. The maximum Gasteiger partial charge on any atom is 0.266 e. The van der Waals surface area contributed by atoms with Crippen LogP contribution in [0.2, 0.25) is 0 Å². The van der Waals surface area contributed by atoms with Crippen molar-refractivity contribution >= 4 is 17.2 Å². The van der Waals surface area contributed by atoms with E-state index in [0.717, 1.165) is 11.3 Å². The van der Waals surface area contributed by atoms with Gasteiger partial charge in [0, 0.05) is 25.0 Å². The molecule has 0 radical (unpaired) electrons. The average molecular weight is 352 g/mol. The second-order valence-electron chi connectivity index (χ2n) is 6.02. The van der Waals surface area contributed by atoms with Gasteiger partial charge in [-0.15, -0.1) is 11.3 Å². The number of aryl methyl sites for hydroxylation is 1. The molecule has 3 aromatic rings. The van der Waals surface area contributed by atoms with E-state index in [1.54, 1.807) is 18.5 Å². The highest BCUT2D eigenvalue weighted by atomic mass is 32.1. The number of hydrogen-bond donors (Lipinski definition) is 0. The summed E-state index contributed by atoms with van der Waals surface area (Å²) in [6.07, 6.45) is 3.35. The number of nitrogens with zero attached hydrogens (tertiary/aromatic N) is 4. The van der Waals surface area contributed by atoms with Gasteiger partial charge in [-0.1, -0.05) is 30.3 Å². The maximum absolute atomic E-state index is 13.1. The third kappa shape index (κ3) is 3.91. The largest absolute Gasteiger partial charge is 0.331 e. The molecular weight excluding hydrogens is 332 g/mol. The van der Waals surface area contributed by atoms with Crippen LogP contribution < -0.4 is 0 Å². The van der Waals surface area contributed by atoms with E-state index in [1.807, 2.05) is 56.0 Å². The summed E-state index contributed by atoms with van der Waals surface area (Å²) in [6.45, 7) is 6.49. The average Bonchev–Trinajstić information content (AvgIpc) is 3.02. The van der Waals surface area contributed by atoms with Crippen molar-refractivity contribution in [1.29, 1.82) is 0 Å². The number of aromatic nitrogens is 3. The van der Waals surface area contributed by atoms with Crippen LogP contribution in [0.15, 0.2) is 48.8 Å². The van der Waals surface area contributed by atoms with Crippen molar-refractivity contribution in [3.63, 3.8) is 0 Å². The summed E-state index contributed by atoms with van der Waals surface area (Å²) in [5.41, 5.74) is 1.83. The number of carbonyl (C=O) groups is 1. The lowest BCUT2D eigenvalue weighted by molar-refractivity contribution is 0.0694. The van der Waals surface area contributed by atoms with Crippen LogP contribution in [-0.4, -0.2) is 31.8 Å². The third-order valence-corrected chi connectivity index (χ3v) is 4.97. The summed E-state index contributed by atoms with van der Waals surface area (Å²) in [4.78, 5) is 28.6. The van der Waals surface area contributed by atoms with Gasteiger partial charge in [-0.25, -0.2) is 15.0 Å². The molecule has 1 amide bonds. The zero-order valence-electron chi connectivity index (χ0n) is 14.5. The summed E-state index contributed by atoms with van der Waals surface area (Å²) in [5, 5.41) is 0.671. The van der Waals surface area contributed by atoms with Crippen molar-refractivity contribution in [2.24, 2.45) is 0 Å². The van der Waals surface area contributed by atoms with Crippen molar-refractivity contribution in [2.45, 2.75) is 33.4 Å². The van der Waals surface area contributed by atoms with Crippen LogP contribution in [0.4, 0.5) is 0 Å². The molecule has 0 saturated heterocycles. The molecule has 1 aromatic carbocycles. The molecule has 0 fully saturated rings. The normalized spacial score (nSPS) is 10.9. The standard InChI is InChI=1S/C19H20N4OS/c1-13(2)23(12-15-8-5-4-6-9-15)19(24)16-14(3)22-18(25-16)17-20-10-7-11-21-17/h4-11,13H,12H2,1-3H3. The summed E-state index contributed by atoms with van der Waals surface area (Å²) in [5.74, 6) is 0.546. The summed E-state index contributed by atoms with van der Waals surface area (Å²) < 4.78 is 0. The lowest BCUT2D eigenvalue weighted by Gasteiger charge is -2.26. The van der Waals surface area contributed by atoms with Crippen LogP contribution in [0.25, 0.3) is 10.8 Å². The van der Waals surface area contributed by atoms with Crippen LogP contribution >= 0.6 is 11.3 Å². The first kappa shape index (κ1) is 17.2. The van der Waals surface area contributed by atoms with E-state index < -0.39 is 0 Å². The Bertz CT molecular complexity index is 846. The molecule has 2 aromatic heterocycles. The van der Waals surface area contributed by atoms with Gasteiger partial charge in [0.05, 0.1) is 5.69 Å². The molecular formula is C19H20N4OS. The molecule has 0 aliphatic rings. The van der Waals surface area contributed by atoms with E-state index >= 15 is 0 Å². The lowest BCUT2D eigenvalue weighted by Crippen LogP contribution is -2.36. The van der Waals surface area contributed by atoms with E-state index in [9.17, 15) is 4.79 Å². The van der Waals surface area contributed by atoms with Gasteiger partial charge >= 0.3 is 0 Å². The number of carbonyl (C=O) groups excluding carboxylic acids is 1. The third-order valence-electron chi connectivity index (χ3n) is 3.83. The van der Waals surface area contributed by atoms with E-state index in [0.29, 0.717) is 22.3 Å². The molecule has 128 valence electrons. The molecule has 25 heavy (non-hydrogen) atoms. The lowest BCUT2D eigenvalue weighted by atomic mass is 10.2. The van der Waals surface area contributed by atoms with Crippen molar-refractivity contribution in [1.82, 2.24) is 19.9 Å². The van der Waals surface area contributed by atoms with Crippen molar-refractivity contribution in [3.8, 4) is 10.8 Å². The Kier molecular flexibility index (Phi) is 5.19. The van der Waals surface area contributed by atoms with Gasteiger partial charge in [0.15, 0.2) is 10.8 Å². The Morgan fingerprint density at radius 2 is 1.80 bits per heavy atom. The van der Waals surface area contributed by atoms with Crippen LogP contribution in [-0.2, 0) is 6.54 Å². The molecule has 3 rings (SSSR count). The number of benzene rings is 1. The minimum absolute atomic E-state index is 0.00367. The maximum atomic E-state index is 13.1. The predicted octanol–water partition coefficient (Wildman–Crippen LogP) is 3.96. The van der Waals surface area contributed by atoms with Gasteiger partial charge in [-0.05, 0) is 32.4 Å². The monoisotopic (exact) mass is 352 g/mol. The highest BCUT2D eigenvalue weighted by Gasteiger charge is 2.24. The van der Waals surface area contributed by atoms with Crippen LogP contribution in [0, 0.1) is 6.92 Å². The highest BCUT2D eigenvalue weighted by molar-refractivity contribution is 7.17. The van der Waals surface area contributed by atoms with Gasteiger partial charge in [-0.2, -0.15) is 0 Å². The van der Waals surface area contributed by atoms with Crippen LogP contribution in [0.3, 0.4) is 0 Å². The van der Waals surface area contributed by atoms with Crippen molar-refractivity contribution in [3.05, 3.63) is 64.9 Å². The molecule has 6 heteroatoms. The first-order chi connectivity index (χ1) is 12.1. The van der Waals surface area contributed by atoms with Gasteiger partial charge in [0.2, 0.25) is 0 Å². The van der Waals surface area contributed by atoms with Crippen molar-refractivity contribution < 1.29 is 4.79 Å². The summed E-state index contributed by atoms with van der Waals surface area (Å²) in [7, 11) is 0. The number of thiazole rings is 1. The summed E-state index contributed by atoms with van der Waals surface area (Å²) in [6, 6.07) is 11.9. The molecule has 0 aliphatic carbocycles. The Labute approximate surface area is 151 Å². The first-order valence-corrected chi connectivity index (χ1v) is 8.97. The quantitative estimate of drug-likeness (QED) is 0.697. The second kappa shape index (κ2) is 7.53. The fourth-order valence-corrected chi connectivity index (χ4v) is 3.47. The fourth-order valence-electron chi connectivity index (χ4n) is 2.50. The SMILES string of the molecule is Cc1nc(-c2ncccn2)sc1C(=O)N(Cc1ccccc1)C(C)C. The number of amides is 1. The summed E-state index contributed by atoms with van der Waals surface area (Å²) >= 11 is 1.35. The predicted molar refractivity (Wildman–Crippen MR) is 99.3 cm³/mol. The van der Waals surface area contributed by atoms with Gasteiger partial charge in [0.25, 0.3) is 5.91 Å². The Hall–Kier alpha value is -2.60. The van der Waals surface area contributed by atoms with Crippen LogP contribution in [0.1, 0.15) is 34.8 Å². The van der Waals surface area contributed by atoms with E-state index in [2.05, 4.69) is 15.0 Å². The first-order valence-electron chi connectivity index (χ1n) is 8.16. The molecule has 0 aliphatic heterocycles. The molecule has 0 atom stereocenters.